The third-order valence-electron chi connectivity index (χ3n) is 4.75. The molecular formula is C20H25N5O2. The summed E-state index contributed by atoms with van der Waals surface area (Å²) in [6, 6.07) is 11.8. The molecule has 7 heteroatoms. The van der Waals surface area contributed by atoms with Crippen LogP contribution < -0.4 is 4.90 Å². The lowest BCUT2D eigenvalue weighted by Gasteiger charge is -2.35. The van der Waals surface area contributed by atoms with Crippen molar-refractivity contribution in [2.75, 3.05) is 44.2 Å². The lowest BCUT2D eigenvalue weighted by molar-refractivity contribution is -0.139. The largest absolute Gasteiger partial charge is 0.338 e. The number of carbonyl (C=O) groups excluding carboxylic acids is 2. The van der Waals surface area contributed by atoms with Gasteiger partial charge in [-0.05, 0) is 18.1 Å². The van der Waals surface area contributed by atoms with E-state index in [0.717, 1.165) is 12.0 Å². The number of rotatable bonds is 6. The number of benzene rings is 1. The van der Waals surface area contributed by atoms with Crippen LogP contribution in [0.15, 0.2) is 48.8 Å². The molecule has 1 aromatic heterocycles. The fourth-order valence-corrected chi connectivity index (χ4v) is 3.13. The van der Waals surface area contributed by atoms with E-state index in [9.17, 15) is 9.59 Å². The molecule has 3 rings (SSSR count). The quantitative estimate of drug-likeness (QED) is 0.768. The highest BCUT2D eigenvalue weighted by Crippen LogP contribution is 2.10. The Labute approximate surface area is 159 Å². The van der Waals surface area contributed by atoms with E-state index < -0.39 is 0 Å². The van der Waals surface area contributed by atoms with E-state index in [0.29, 0.717) is 38.7 Å². The van der Waals surface area contributed by atoms with Gasteiger partial charge in [-0.3, -0.25) is 9.59 Å². The first-order valence-electron chi connectivity index (χ1n) is 9.22. The van der Waals surface area contributed by atoms with Crippen LogP contribution in [0.5, 0.6) is 0 Å². The number of anilines is 1. The lowest BCUT2D eigenvalue weighted by Crippen LogP contribution is -2.52. The van der Waals surface area contributed by atoms with E-state index in [2.05, 4.69) is 14.9 Å². The molecule has 1 fully saturated rings. The summed E-state index contributed by atoms with van der Waals surface area (Å²) in [6.07, 6.45) is 4.18. The Morgan fingerprint density at radius 2 is 1.67 bits per heavy atom. The fraction of sp³-hybridized carbons (Fsp3) is 0.400. The van der Waals surface area contributed by atoms with Crippen molar-refractivity contribution in [2.45, 2.75) is 13.3 Å². The maximum atomic E-state index is 12.6. The van der Waals surface area contributed by atoms with Crippen molar-refractivity contribution in [3.63, 3.8) is 0 Å². The molecule has 1 aliphatic rings. The Balaban J connectivity index is 1.50. The van der Waals surface area contributed by atoms with Gasteiger partial charge in [0.05, 0.1) is 6.54 Å². The van der Waals surface area contributed by atoms with Gasteiger partial charge in [0.2, 0.25) is 17.8 Å². The highest BCUT2D eigenvalue weighted by molar-refractivity contribution is 5.84. The predicted molar refractivity (Wildman–Crippen MR) is 103 cm³/mol. The Morgan fingerprint density at radius 3 is 2.30 bits per heavy atom. The summed E-state index contributed by atoms with van der Waals surface area (Å²) in [5.74, 6) is 0.611. The SMILES string of the molecule is CC(=O)N(CCc1ccccc1)CC(=O)N1CCN(c2ncccn2)CC1. The smallest absolute Gasteiger partial charge is 0.242 e. The van der Waals surface area contributed by atoms with Crippen LogP contribution in [0, 0.1) is 0 Å². The molecule has 0 aliphatic carbocycles. The number of hydrogen-bond acceptors (Lipinski definition) is 5. The Morgan fingerprint density at radius 1 is 1.00 bits per heavy atom. The van der Waals surface area contributed by atoms with Gasteiger partial charge in [0.25, 0.3) is 0 Å². The maximum absolute atomic E-state index is 12.6. The van der Waals surface area contributed by atoms with Crippen LogP contribution in [0.25, 0.3) is 0 Å². The second-order valence-corrected chi connectivity index (χ2v) is 6.59. The number of piperazine rings is 1. The van der Waals surface area contributed by atoms with Gasteiger partial charge < -0.3 is 14.7 Å². The van der Waals surface area contributed by atoms with Crippen molar-refractivity contribution in [3.8, 4) is 0 Å². The van der Waals surface area contributed by atoms with E-state index >= 15 is 0 Å². The summed E-state index contributed by atoms with van der Waals surface area (Å²) < 4.78 is 0. The number of hydrogen-bond donors (Lipinski definition) is 0. The van der Waals surface area contributed by atoms with Crippen LogP contribution in [0.3, 0.4) is 0 Å². The molecular weight excluding hydrogens is 342 g/mol. The number of amides is 2. The molecule has 27 heavy (non-hydrogen) atoms. The third kappa shape index (κ3) is 5.26. The first-order chi connectivity index (χ1) is 13.1. The van der Waals surface area contributed by atoms with Gasteiger partial charge in [0, 0.05) is 52.0 Å². The zero-order valence-corrected chi connectivity index (χ0v) is 15.6. The summed E-state index contributed by atoms with van der Waals surface area (Å²) in [7, 11) is 0. The average molecular weight is 367 g/mol. The standard InChI is InChI=1S/C20H25N5O2/c1-17(26)25(11-8-18-6-3-2-4-7-18)16-19(27)23-12-14-24(15-13-23)20-21-9-5-10-22-20/h2-7,9-10H,8,11-16H2,1H3. The Hall–Kier alpha value is -2.96. The van der Waals surface area contributed by atoms with Crippen molar-refractivity contribution in [1.29, 1.82) is 0 Å². The molecule has 1 aliphatic heterocycles. The summed E-state index contributed by atoms with van der Waals surface area (Å²) >= 11 is 0. The predicted octanol–water partition coefficient (Wildman–Crippen LogP) is 1.22. The van der Waals surface area contributed by atoms with E-state index in [1.807, 2.05) is 35.2 Å². The third-order valence-corrected chi connectivity index (χ3v) is 4.75. The van der Waals surface area contributed by atoms with Gasteiger partial charge in [0.15, 0.2) is 0 Å². The Kier molecular flexibility index (Phi) is 6.35. The molecule has 2 aromatic rings. The van der Waals surface area contributed by atoms with E-state index in [1.54, 1.807) is 23.4 Å². The lowest BCUT2D eigenvalue weighted by atomic mass is 10.1. The molecule has 7 nitrogen and oxygen atoms in total. The first-order valence-corrected chi connectivity index (χ1v) is 9.22. The maximum Gasteiger partial charge on any atom is 0.242 e. The molecule has 1 saturated heterocycles. The van der Waals surface area contributed by atoms with Crippen LogP contribution >= 0.6 is 0 Å². The number of aromatic nitrogens is 2. The van der Waals surface area contributed by atoms with Crippen molar-refractivity contribution in [3.05, 3.63) is 54.4 Å². The molecule has 0 bridgehead atoms. The van der Waals surface area contributed by atoms with Crippen LogP contribution in [0.2, 0.25) is 0 Å². The van der Waals surface area contributed by atoms with Crippen LogP contribution in [-0.2, 0) is 16.0 Å². The van der Waals surface area contributed by atoms with E-state index in [4.69, 9.17) is 0 Å². The van der Waals surface area contributed by atoms with Crippen LogP contribution in [0.4, 0.5) is 5.95 Å². The van der Waals surface area contributed by atoms with Crippen molar-refractivity contribution >= 4 is 17.8 Å². The molecule has 0 unspecified atom stereocenters. The minimum Gasteiger partial charge on any atom is -0.338 e. The molecule has 2 amide bonds. The van der Waals surface area contributed by atoms with Gasteiger partial charge in [-0.2, -0.15) is 0 Å². The number of carbonyl (C=O) groups is 2. The highest BCUT2D eigenvalue weighted by atomic mass is 16.2. The van der Waals surface area contributed by atoms with Crippen LogP contribution in [0.1, 0.15) is 12.5 Å². The normalized spacial score (nSPS) is 14.1. The minimum absolute atomic E-state index is 0.00751. The van der Waals surface area contributed by atoms with Crippen molar-refractivity contribution in [1.82, 2.24) is 19.8 Å². The first kappa shape index (κ1) is 18.8. The topological polar surface area (TPSA) is 69.6 Å². The van der Waals surface area contributed by atoms with Crippen molar-refractivity contribution < 1.29 is 9.59 Å². The van der Waals surface area contributed by atoms with Gasteiger partial charge in [-0.25, -0.2) is 9.97 Å². The number of nitrogens with zero attached hydrogens (tertiary/aromatic N) is 5. The second kappa shape index (κ2) is 9.12. The van der Waals surface area contributed by atoms with Gasteiger partial charge in [-0.1, -0.05) is 30.3 Å². The molecule has 142 valence electrons. The summed E-state index contributed by atoms with van der Waals surface area (Å²) in [4.78, 5) is 38.6. The van der Waals surface area contributed by atoms with Gasteiger partial charge in [0.1, 0.15) is 0 Å². The summed E-state index contributed by atoms with van der Waals surface area (Å²) in [5, 5.41) is 0. The Bertz CT molecular complexity index is 745. The molecule has 0 spiro atoms. The average Bonchev–Trinajstić information content (AvgIpc) is 2.72. The van der Waals surface area contributed by atoms with Crippen molar-refractivity contribution in [2.24, 2.45) is 0 Å². The summed E-state index contributed by atoms with van der Waals surface area (Å²) in [5.41, 5.74) is 1.16. The molecule has 1 aromatic carbocycles. The zero-order valence-electron chi connectivity index (χ0n) is 15.6. The van der Waals surface area contributed by atoms with Gasteiger partial charge >= 0.3 is 0 Å². The molecule has 0 saturated carbocycles. The zero-order chi connectivity index (χ0) is 19.1. The molecule has 2 heterocycles. The van der Waals surface area contributed by atoms with E-state index in [-0.39, 0.29) is 18.4 Å². The minimum atomic E-state index is -0.0735. The molecule has 0 radical (unpaired) electrons. The van der Waals surface area contributed by atoms with E-state index in [1.165, 1.54) is 6.92 Å². The second-order valence-electron chi connectivity index (χ2n) is 6.59. The molecule has 0 atom stereocenters. The van der Waals surface area contributed by atoms with Crippen LogP contribution in [-0.4, -0.2) is 70.9 Å². The molecule has 0 N–H and O–H groups in total. The monoisotopic (exact) mass is 367 g/mol. The fourth-order valence-electron chi connectivity index (χ4n) is 3.13. The van der Waals surface area contributed by atoms with Gasteiger partial charge in [-0.15, -0.1) is 0 Å². The highest BCUT2D eigenvalue weighted by Gasteiger charge is 2.24. The summed E-state index contributed by atoms with van der Waals surface area (Å²) in [6.45, 7) is 4.80.